The van der Waals surface area contributed by atoms with Crippen LogP contribution in [0.15, 0.2) is 72.8 Å². The second kappa shape index (κ2) is 9.43. The number of halogens is 1. The SMILES string of the molecule is CCCCC(=O)N(Cc1ccc(-c2ccc(O)cc2)cc1)c1cccc(Cl)c1. The van der Waals surface area contributed by atoms with Gasteiger partial charge in [-0.2, -0.15) is 0 Å². The molecule has 0 radical (unpaired) electrons. The van der Waals surface area contributed by atoms with Crippen molar-refractivity contribution in [3.8, 4) is 16.9 Å². The maximum absolute atomic E-state index is 12.8. The van der Waals surface area contributed by atoms with Gasteiger partial charge in [0.1, 0.15) is 5.75 Å². The van der Waals surface area contributed by atoms with E-state index in [1.54, 1.807) is 17.0 Å². The van der Waals surface area contributed by atoms with Crippen LogP contribution in [0, 0.1) is 0 Å². The van der Waals surface area contributed by atoms with Crippen LogP contribution < -0.4 is 4.90 Å². The van der Waals surface area contributed by atoms with Crippen LogP contribution in [-0.4, -0.2) is 11.0 Å². The number of carbonyl (C=O) groups is 1. The average Bonchev–Trinajstić information content (AvgIpc) is 2.71. The third-order valence-corrected chi connectivity index (χ3v) is 4.90. The molecule has 3 rings (SSSR count). The highest BCUT2D eigenvalue weighted by Crippen LogP contribution is 2.25. The van der Waals surface area contributed by atoms with E-state index in [1.807, 2.05) is 60.7 Å². The lowest BCUT2D eigenvalue weighted by atomic mass is 10.0. The maximum atomic E-state index is 12.8. The van der Waals surface area contributed by atoms with E-state index in [0.717, 1.165) is 35.2 Å². The fraction of sp³-hybridized carbons (Fsp3) is 0.208. The molecular weight excluding hydrogens is 370 g/mol. The summed E-state index contributed by atoms with van der Waals surface area (Å²) in [4.78, 5) is 14.6. The Morgan fingerprint density at radius 3 is 2.21 bits per heavy atom. The largest absolute Gasteiger partial charge is 0.508 e. The predicted octanol–water partition coefficient (Wildman–Crippen LogP) is 6.44. The highest BCUT2D eigenvalue weighted by molar-refractivity contribution is 6.30. The molecule has 1 amide bonds. The summed E-state index contributed by atoms with van der Waals surface area (Å²) in [6, 6.07) is 22.7. The van der Waals surface area contributed by atoms with Crippen LogP contribution in [0.4, 0.5) is 5.69 Å². The minimum absolute atomic E-state index is 0.103. The van der Waals surface area contributed by atoms with E-state index in [1.165, 1.54) is 0 Å². The highest BCUT2D eigenvalue weighted by Gasteiger charge is 2.16. The van der Waals surface area contributed by atoms with Crippen LogP contribution in [0.1, 0.15) is 31.7 Å². The zero-order valence-corrected chi connectivity index (χ0v) is 16.7. The summed E-state index contributed by atoms with van der Waals surface area (Å²) in [5.41, 5.74) is 3.97. The van der Waals surface area contributed by atoms with Crippen molar-refractivity contribution >= 4 is 23.2 Å². The van der Waals surface area contributed by atoms with E-state index in [2.05, 4.69) is 6.92 Å². The molecule has 4 heteroatoms. The Balaban J connectivity index is 1.81. The topological polar surface area (TPSA) is 40.5 Å². The standard InChI is InChI=1S/C24H24ClNO2/c1-2-3-7-24(28)26(22-6-4-5-21(25)16-22)17-18-8-10-19(11-9-18)20-12-14-23(27)15-13-20/h4-6,8-16,27H,2-3,7,17H2,1H3. The summed E-state index contributed by atoms with van der Waals surface area (Å²) < 4.78 is 0. The Morgan fingerprint density at radius 2 is 1.61 bits per heavy atom. The number of aromatic hydroxyl groups is 1. The molecule has 0 aliphatic heterocycles. The van der Waals surface area contributed by atoms with Crippen molar-refractivity contribution in [1.29, 1.82) is 0 Å². The molecule has 0 heterocycles. The van der Waals surface area contributed by atoms with Crippen molar-refractivity contribution in [2.45, 2.75) is 32.7 Å². The highest BCUT2D eigenvalue weighted by atomic mass is 35.5. The number of anilines is 1. The molecule has 0 unspecified atom stereocenters. The molecule has 0 saturated carbocycles. The third-order valence-electron chi connectivity index (χ3n) is 4.66. The van der Waals surface area contributed by atoms with Crippen LogP contribution in [0.25, 0.3) is 11.1 Å². The summed E-state index contributed by atoms with van der Waals surface area (Å²) in [5.74, 6) is 0.356. The van der Waals surface area contributed by atoms with Crippen molar-refractivity contribution in [3.05, 3.63) is 83.4 Å². The number of hydrogen-bond acceptors (Lipinski definition) is 2. The normalized spacial score (nSPS) is 10.6. The van der Waals surface area contributed by atoms with Gasteiger partial charge in [-0.05, 0) is 53.4 Å². The molecule has 3 aromatic carbocycles. The van der Waals surface area contributed by atoms with Gasteiger partial charge in [-0.25, -0.2) is 0 Å². The van der Waals surface area contributed by atoms with Crippen molar-refractivity contribution in [3.63, 3.8) is 0 Å². The van der Waals surface area contributed by atoms with Gasteiger partial charge in [0.2, 0.25) is 5.91 Å². The first kappa shape index (κ1) is 20.0. The van der Waals surface area contributed by atoms with Crippen LogP contribution in [0.2, 0.25) is 5.02 Å². The average molecular weight is 394 g/mol. The van der Waals surface area contributed by atoms with Gasteiger partial charge in [0.25, 0.3) is 0 Å². The van der Waals surface area contributed by atoms with Crippen molar-refractivity contribution in [2.24, 2.45) is 0 Å². The Morgan fingerprint density at radius 1 is 0.964 bits per heavy atom. The zero-order valence-electron chi connectivity index (χ0n) is 15.9. The first-order valence-corrected chi connectivity index (χ1v) is 9.89. The Labute approximate surface area is 171 Å². The number of amides is 1. The minimum Gasteiger partial charge on any atom is -0.508 e. The van der Waals surface area contributed by atoms with Gasteiger partial charge in [0, 0.05) is 17.1 Å². The fourth-order valence-electron chi connectivity index (χ4n) is 3.07. The van der Waals surface area contributed by atoms with Crippen LogP contribution in [0.3, 0.4) is 0 Å². The smallest absolute Gasteiger partial charge is 0.227 e. The number of nitrogens with zero attached hydrogens (tertiary/aromatic N) is 1. The van der Waals surface area contributed by atoms with Gasteiger partial charge in [0.05, 0.1) is 6.54 Å². The maximum Gasteiger partial charge on any atom is 0.227 e. The molecule has 0 spiro atoms. The number of carbonyl (C=O) groups excluding carboxylic acids is 1. The zero-order chi connectivity index (χ0) is 19.9. The molecule has 0 atom stereocenters. The molecular formula is C24H24ClNO2. The number of phenolic OH excluding ortho intramolecular Hbond substituents is 1. The summed E-state index contributed by atoms with van der Waals surface area (Å²) in [5, 5.41) is 10.1. The number of hydrogen-bond donors (Lipinski definition) is 1. The molecule has 0 aliphatic carbocycles. The number of benzene rings is 3. The summed E-state index contributed by atoms with van der Waals surface area (Å²) in [6.07, 6.45) is 2.38. The molecule has 3 nitrogen and oxygen atoms in total. The number of unbranched alkanes of at least 4 members (excludes halogenated alkanes) is 1. The fourth-order valence-corrected chi connectivity index (χ4v) is 3.25. The number of phenols is 1. The van der Waals surface area contributed by atoms with Crippen molar-refractivity contribution < 1.29 is 9.90 Å². The van der Waals surface area contributed by atoms with Crippen LogP contribution in [-0.2, 0) is 11.3 Å². The van der Waals surface area contributed by atoms with Crippen LogP contribution in [0.5, 0.6) is 5.75 Å². The lowest BCUT2D eigenvalue weighted by molar-refractivity contribution is -0.118. The summed E-state index contributed by atoms with van der Waals surface area (Å²) >= 11 is 6.14. The lowest BCUT2D eigenvalue weighted by Crippen LogP contribution is -2.30. The van der Waals surface area contributed by atoms with Gasteiger partial charge < -0.3 is 10.0 Å². The molecule has 0 aliphatic rings. The van der Waals surface area contributed by atoms with Crippen molar-refractivity contribution in [1.82, 2.24) is 0 Å². The lowest BCUT2D eigenvalue weighted by Gasteiger charge is -2.23. The van der Waals surface area contributed by atoms with Gasteiger partial charge in [-0.15, -0.1) is 0 Å². The van der Waals surface area contributed by atoms with E-state index in [9.17, 15) is 9.90 Å². The van der Waals surface area contributed by atoms with E-state index in [-0.39, 0.29) is 11.7 Å². The quantitative estimate of drug-likeness (QED) is 0.502. The molecule has 28 heavy (non-hydrogen) atoms. The summed E-state index contributed by atoms with van der Waals surface area (Å²) in [7, 11) is 0. The third kappa shape index (κ3) is 5.14. The molecule has 3 aromatic rings. The minimum atomic E-state index is 0.103. The van der Waals surface area contributed by atoms with Gasteiger partial charge >= 0.3 is 0 Å². The number of rotatable bonds is 7. The first-order chi connectivity index (χ1) is 13.6. The molecule has 0 fully saturated rings. The second-order valence-electron chi connectivity index (χ2n) is 6.81. The predicted molar refractivity (Wildman–Crippen MR) is 116 cm³/mol. The Kier molecular flexibility index (Phi) is 6.72. The molecule has 144 valence electrons. The molecule has 1 N–H and O–H groups in total. The summed E-state index contributed by atoms with van der Waals surface area (Å²) in [6.45, 7) is 2.58. The van der Waals surface area contributed by atoms with Gasteiger partial charge in [-0.1, -0.05) is 67.4 Å². The second-order valence-corrected chi connectivity index (χ2v) is 7.24. The molecule has 0 saturated heterocycles. The van der Waals surface area contributed by atoms with E-state index >= 15 is 0 Å². The van der Waals surface area contributed by atoms with E-state index in [0.29, 0.717) is 18.0 Å². The van der Waals surface area contributed by atoms with Crippen molar-refractivity contribution in [2.75, 3.05) is 4.90 Å². The Hall–Kier alpha value is -2.78. The molecule has 0 aromatic heterocycles. The van der Waals surface area contributed by atoms with E-state index in [4.69, 9.17) is 11.6 Å². The van der Waals surface area contributed by atoms with E-state index < -0.39 is 0 Å². The molecule has 0 bridgehead atoms. The van der Waals surface area contributed by atoms with Gasteiger partial charge in [0.15, 0.2) is 0 Å². The monoisotopic (exact) mass is 393 g/mol. The Bertz CT molecular complexity index is 920. The van der Waals surface area contributed by atoms with Crippen LogP contribution >= 0.6 is 11.6 Å². The first-order valence-electron chi connectivity index (χ1n) is 9.51. The van der Waals surface area contributed by atoms with Gasteiger partial charge in [-0.3, -0.25) is 4.79 Å².